The van der Waals surface area contributed by atoms with Gasteiger partial charge in [-0.3, -0.25) is 0 Å². The summed E-state index contributed by atoms with van der Waals surface area (Å²) in [6.45, 7) is 13.0. The van der Waals surface area contributed by atoms with Crippen molar-refractivity contribution in [1.82, 2.24) is 0 Å². The zero-order valence-corrected chi connectivity index (χ0v) is 29.9. The van der Waals surface area contributed by atoms with Crippen molar-refractivity contribution in [3.63, 3.8) is 0 Å². The Morgan fingerprint density at radius 2 is 0.686 bits per heavy atom. The normalized spacial score (nSPS) is 11.5. The minimum atomic E-state index is -0.126. The van der Waals surface area contributed by atoms with Crippen LogP contribution in [0, 0.1) is 0 Å². The molecular formula is C44H44N2O5. The molecule has 6 rings (SSSR count). The first-order valence-corrected chi connectivity index (χ1v) is 16.9. The maximum atomic E-state index is 6.66. The van der Waals surface area contributed by atoms with Gasteiger partial charge in [0.2, 0.25) is 0 Å². The molecule has 260 valence electrons. The van der Waals surface area contributed by atoms with Gasteiger partial charge in [0.05, 0.1) is 0 Å². The molecule has 4 N–H and O–H groups in total. The quantitative estimate of drug-likeness (QED) is 0.139. The molecule has 51 heavy (non-hydrogen) atoms. The topological polar surface area (TPSA) is 98.2 Å². The van der Waals surface area contributed by atoms with Gasteiger partial charge in [-0.25, -0.2) is 0 Å². The highest BCUT2D eigenvalue weighted by Gasteiger charge is 2.21. The van der Waals surface area contributed by atoms with Gasteiger partial charge < -0.3 is 35.2 Å². The number of nitrogens with two attached hydrogens (primary N) is 2. The first kappa shape index (κ1) is 34.8. The molecule has 0 amide bonds. The lowest BCUT2D eigenvalue weighted by Crippen LogP contribution is -2.11. The number of anilines is 2. The maximum Gasteiger partial charge on any atom is 0.170 e. The average Bonchev–Trinajstić information content (AvgIpc) is 3.08. The lowest BCUT2D eigenvalue weighted by atomic mass is 9.87. The van der Waals surface area contributed by atoms with Gasteiger partial charge in [-0.05, 0) is 119 Å². The van der Waals surface area contributed by atoms with E-state index in [2.05, 4.69) is 53.7 Å². The number of rotatable bonds is 10. The van der Waals surface area contributed by atoms with Crippen molar-refractivity contribution in [3.8, 4) is 57.5 Å². The van der Waals surface area contributed by atoms with Crippen molar-refractivity contribution in [2.24, 2.45) is 0 Å². The minimum Gasteiger partial charge on any atom is -0.457 e. The number of hydrogen-bond acceptors (Lipinski definition) is 7. The van der Waals surface area contributed by atoms with Crippen LogP contribution in [-0.2, 0) is 10.8 Å². The highest BCUT2D eigenvalue weighted by molar-refractivity contribution is 5.54. The first-order valence-electron chi connectivity index (χ1n) is 16.9. The Balaban J connectivity index is 1.32. The van der Waals surface area contributed by atoms with E-state index in [1.165, 1.54) is 0 Å². The standard InChI is InChI=1S/C44H44N2O5/c1-43(2,3)29-13-23-39(41(25-29)49-37-11-7-9-35(27-37)47-33-19-15-31(45)16-20-33)51-40-24-14-30(44(4,5)6)26-42(40)50-38-12-8-10-36(28-38)48-34-21-17-32(46)18-22-34/h7-28H,45-46H2,1-6H3. The molecule has 0 atom stereocenters. The van der Waals surface area contributed by atoms with Crippen LogP contribution >= 0.6 is 0 Å². The summed E-state index contributed by atoms with van der Waals surface area (Å²) in [4.78, 5) is 0. The maximum absolute atomic E-state index is 6.66. The third kappa shape index (κ3) is 9.13. The van der Waals surface area contributed by atoms with E-state index in [0.717, 1.165) is 11.1 Å². The van der Waals surface area contributed by atoms with Gasteiger partial charge in [0.25, 0.3) is 0 Å². The molecule has 6 aromatic rings. The Kier molecular flexibility index (Phi) is 9.83. The van der Waals surface area contributed by atoms with Crippen LogP contribution in [0.2, 0.25) is 0 Å². The van der Waals surface area contributed by atoms with Crippen molar-refractivity contribution in [2.75, 3.05) is 11.5 Å². The highest BCUT2D eigenvalue weighted by atomic mass is 16.5. The number of nitrogen functional groups attached to an aromatic ring is 2. The van der Waals surface area contributed by atoms with Gasteiger partial charge in [-0.2, -0.15) is 0 Å². The van der Waals surface area contributed by atoms with Crippen molar-refractivity contribution >= 4 is 11.4 Å². The van der Waals surface area contributed by atoms with Gasteiger partial charge >= 0.3 is 0 Å². The zero-order valence-electron chi connectivity index (χ0n) is 29.9. The summed E-state index contributed by atoms with van der Waals surface area (Å²) < 4.78 is 31.9. The molecule has 0 aliphatic heterocycles. The van der Waals surface area contributed by atoms with Crippen molar-refractivity contribution in [1.29, 1.82) is 0 Å². The largest absolute Gasteiger partial charge is 0.457 e. The Morgan fingerprint density at radius 1 is 0.333 bits per heavy atom. The summed E-state index contributed by atoms with van der Waals surface area (Å²) in [6.07, 6.45) is 0. The lowest BCUT2D eigenvalue weighted by molar-refractivity contribution is 0.389. The van der Waals surface area contributed by atoms with Crippen molar-refractivity contribution in [2.45, 2.75) is 52.4 Å². The molecule has 0 saturated heterocycles. The summed E-state index contributed by atoms with van der Waals surface area (Å²) in [5.41, 5.74) is 15.0. The van der Waals surface area contributed by atoms with Crippen LogP contribution in [0.15, 0.2) is 133 Å². The van der Waals surface area contributed by atoms with Gasteiger partial charge in [0.15, 0.2) is 23.0 Å². The predicted molar refractivity (Wildman–Crippen MR) is 205 cm³/mol. The summed E-state index contributed by atoms with van der Waals surface area (Å²) in [5.74, 6) is 5.96. The van der Waals surface area contributed by atoms with Crippen LogP contribution < -0.4 is 35.2 Å². The second-order valence-corrected chi connectivity index (χ2v) is 14.4. The first-order chi connectivity index (χ1) is 24.3. The molecule has 0 radical (unpaired) electrons. The average molecular weight is 681 g/mol. The Hall–Kier alpha value is -6.08. The van der Waals surface area contributed by atoms with E-state index < -0.39 is 0 Å². The third-order valence-electron chi connectivity index (χ3n) is 8.14. The van der Waals surface area contributed by atoms with Gasteiger partial charge in [-0.1, -0.05) is 65.8 Å². The van der Waals surface area contributed by atoms with Crippen molar-refractivity contribution < 1.29 is 23.7 Å². The van der Waals surface area contributed by atoms with E-state index in [-0.39, 0.29) is 10.8 Å². The molecule has 0 aliphatic carbocycles. The smallest absolute Gasteiger partial charge is 0.170 e. The lowest BCUT2D eigenvalue weighted by Gasteiger charge is -2.23. The van der Waals surface area contributed by atoms with Gasteiger partial charge in [0.1, 0.15) is 34.5 Å². The summed E-state index contributed by atoms with van der Waals surface area (Å²) >= 11 is 0. The summed E-state index contributed by atoms with van der Waals surface area (Å²) in [5, 5.41) is 0. The Bertz CT molecular complexity index is 1960. The highest BCUT2D eigenvalue weighted by Crippen LogP contribution is 2.44. The van der Waals surface area contributed by atoms with E-state index in [1.54, 1.807) is 24.3 Å². The fourth-order valence-electron chi connectivity index (χ4n) is 5.20. The molecule has 0 fully saturated rings. The van der Waals surface area contributed by atoms with Crippen molar-refractivity contribution in [3.05, 3.63) is 145 Å². The third-order valence-corrected chi connectivity index (χ3v) is 8.14. The minimum absolute atomic E-state index is 0.126. The van der Waals surface area contributed by atoms with Crippen LogP contribution in [0.1, 0.15) is 52.7 Å². The molecule has 0 spiro atoms. The number of ether oxygens (including phenoxy) is 5. The monoisotopic (exact) mass is 680 g/mol. The predicted octanol–water partition coefficient (Wildman–Crippen LogP) is 12.4. The molecule has 0 aromatic heterocycles. The second-order valence-electron chi connectivity index (χ2n) is 14.4. The molecule has 7 heteroatoms. The van der Waals surface area contributed by atoms with Crippen LogP contribution in [0.5, 0.6) is 57.5 Å². The fourth-order valence-corrected chi connectivity index (χ4v) is 5.20. The van der Waals surface area contributed by atoms with Gasteiger partial charge in [-0.15, -0.1) is 0 Å². The van der Waals surface area contributed by atoms with Crippen LogP contribution in [0.25, 0.3) is 0 Å². The number of benzene rings is 6. The van der Waals surface area contributed by atoms with E-state index in [9.17, 15) is 0 Å². The van der Waals surface area contributed by atoms with Gasteiger partial charge in [0, 0.05) is 23.5 Å². The summed E-state index contributed by atoms with van der Waals surface area (Å²) in [7, 11) is 0. The van der Waals surface area contributed by atoms with E-state index in [4.69, 9.17) is 35.2 Å². The molecule has 0 bridgehead atoms. The molecule has 0 saturated carbocycles. The molecule has 0 aliphatic rings. The Morgan fingerprint density at radius 3 is 1.04 bits per heavy atom. The number of hydrogen-bond donors (Lipinski definition) is 2. The zero-order chi connectivity index (χ0) is 36.2. The molecule has 7 nitrogen and oxygen atoms in total. The molecule has 0 unspecified atom stereocenters. The van der Waals surface area contributed by atoms with Crippen LogP contribution in [0.3, 0.4) is 0 Å². The fraction of sp³-hybridized carbons (Fsp3) is 0.182. The SMILES string of the molecule is CC(C)(C)c1ccc(Oc2ccc(C(C)(C)C)cc2Oc2cccc(Oc3ccc(N)cc3)c2)c(Oc2cccc(Oc3ccc(N)cc3)c2)c1. The van der Waals surface area contributed by atoms with E-state index >= 15 is 0 Å². The molecule has 0 heterocycles. The Labute approximate surface area is 300 Å². The van der Waals surface area contributed by atoms with Crippen LogP contribution in [-0.4, -0.2) is 0 Å². The van der Waals surface area contributed by atoms with E-state index in [1.807, 2.05) is 97.1 Å². The molecular weight excluding hydrogens is 636 g/mol. The van der Waals surface area contributed by atoms with Crippen LogP contribution in [0.4, 0.5) is 11.4 Å². The molecule has 6 aromatic carbocycles. The second kappa shape index (κ2) is 14.4. The summed E-state index contributed by atoms with van der Waals surface area (Å²) in [6, 6.07) is 41.5. The van der Waals surface area contributed by atoms with E-state index in [0.29, 0.717) is 68.9 Å².